The van der Waals surface area contributed by atoms with Crippen molar-refractivity contribution in [1.29, 1.82) is 0 Å². The Morgan fingerprint density at radius 2 is 1.67 bits per heavy atom. The molecule has 118 valence electrons. The summed E-state index contributed by atoms with van der Waals surface area (Å²) in [4.78, 5) is 0. The van der Waals surface area contributed by atoms with Crippen LogP contribution in [0.4, 0.5) is 0 Å². The van der Waals surface area contributed by atoms with Crippen molar-refractivity contribution >= 4 is 0 Å². The molecule has 1 saturated carbocycles. The highest BCUT2D eigenvalue weighted by Crippen LogP contribution is 2.51. The summed E-state index contributed by atoms with van der Waals surface area (Å²) in [5, 5.41) is 0. The summed E-state index contributed by atoms with van der Waals surface area (Å²) in [6.07, 6.45) is 1.57. The number of hydrogen-bond acceptors (Lipinski definition) is 4. The molecule has 0 atom stereocenters. The minimum absolute atomic E-state index is 0.0530. The van der Waals surface area contributed by atoms with Crippen molar-refractivity contribution in [3.63, 3.8) is 0 Å². The molecular weight excluding hydrogens is 266 g/mol. The molecular formula is C17H27NO3. The number of ether oxygens (including phenoxy) is 3. The minimum atomic E-state index is -0.480. The Morgan fingerprint density at radius 3 is 2.10 bits per heavy atom. The summed E-state index contributed by atoms with van der Waals surface area (Å²) in [6.45, 7) is 5.61. The highest BCUT2D eigenvalue weighted by Gasteiger charge is 2.55. The summed E-state index contributed by atoms with van der Waals surface area (Å²) in [5.41, 5.74) is 7.20. The number of benzene rings is 1. The average molecular weight is 293 g/mol. The van der Waals surface area contributed by atoms with Gasteiger partial charge in [-0.15, -0.1) is 0 Å². The largest absolute Gasteiger partial charge is 0.493 e. The molecule has 1 aromatic rings. The Bertz CT molecular complexity index is 444. The van der Waals surface area contributed by atoms with Gasteiger partial charge in [-0.2, -0.15) is 0 Å². The van der Waals surface area contributed by atoms with Crippen molar-refractivity contribution in [2.45, 2.75) is 37.9 Å². The molecule has 0 aliphatic heterocycles. The zero-order valence-corrected chi connectivity index (χ0v) is 13.5. The third kappa shape index (κ3) is 3.23. The quantitative estimate of drug-likeness (QED) is 0.785. The van der Waals surface area contributed by atoms with E-state index in [2.05, 4.69) is 26.0 Å². The maximum atomic E-state index is 6.03. The summed E-state index contributed by atoms with van der Waals surface area (Å²) in [7, 11) is 3.37. The van der Waals surface area contributed by atoms with E-state index >= 15 is 0 Å². The second-order valence-corrected chi connectivity index (χ2v) is 6.39. The van der Waals surface area contributed by atoms with Crippen LogP contribution in [0.3, 0.4) is 0 Å². The van der Waals surface area contributed by atoms with Crippen LogP contribution in [0.1, 0.15) is 32.3 Å². The predicted molar refractivity (Wildman–Crippen MR) is 83.5 cm³/mol. The molecule has 21 heavy (non-hydrogen) atoms. The lowest BCUT2D eigenvalue weighted by Gasteiger charge is -2.54. The van der Waals surface area contributed by atoms with Crippen molar-refractivity contribution in [1.82, 2.24) is 0 Å². The van der Waals surface area contributed by atoms with Gasteiger partial charge in [0, 0.05) is 39.0 Å². The molecule has 1 aliphatic rings. The molecule has 0 saturated heterocycles. The first kappa shape index (κ1) is 16.3. The van der Waals surface area contributed by atoms with Gasteiger partial charge in [0.15, 0.2) is 5.79 Å². The molecule has 0 radical (unpaired) electrons. The molecule has 0 amide bonds. The van der Waals surface area contributed by atoms with Gasteiger partial charge in [-0.25, -0.2) is 0 Å². The van der Waals surface area contributed by atoms with Gasteiger partial charge in [-0.1, -0.05) is 26.0 Å². The SMILES string of the molecule is COC1(OC)CC(CN)(c2ccc(OCC(C)C)cc2)C1. The second kappa shape index (κ2) is 6.34. The Hall–Kier alpha value is -1.10. The lowest BCUT2D eigenvalue weighted by atomic mass is 9.60. The Labute approximate surface area is 127 Å². The monoisotopic (exact) mass is 293 g/mol. The molecule has 2 N–H and O–H groups in total. The van der Waals surface area contributed by atoms with Gasteiger partial charge >= 0.3 is 0 Å². The van der Waals surface area contributed by atoms with Gasteiger partial charge in [0.25, 0.3) is 0 Å². The van der Waals surface area contributed by atoms with Crippen molar-refractivity contribution < 1.29 is 14.2 Å². The standard InChI is InChI=1S/C17H27NO3/c1-13(2)9-21-15-7-5-14(6-8-15)16(12-18)10-17(11-16,19-3)20-4/h5-8,13H,9-12,18H2,1-4H3. The molecule has 1 aromatic carbocycles. The second-order valence-electron chi connectivity index (χ2n) is 6.39. The van der Waals surface area contributed by atoms with Gasteiger partial charge in [0.1, 0.15) is 5.75 Å². The molecule has 1 aliphatic carbocycles. The van der Waals surface area contributed by atoms with E-state index in [4.69, 9.17) is 19.9 Å². The lowest BCUT2D eigenvalue weighted by molar-refractivity contribution is -0.277. The Balaban J connectivity index is 2.07. The molecule has 1 fully saturated rings. The topological polar surface area (TPSA) is 53.7 Å². The zero-order valence-electron chi connectivity index (χ0n) is 13.5. The maximum Gasteiger partial charge on any atom is 0.169 e. The highest BCUT2D eigenvalue weighted by molar-refractivity contribution is 5.36. The van der Waals surface area contributed by atoms with Crippen molar-refractivity contribution in [3.05, 3.63) is 29.8 Å². The number of rotatable bonds is 7. The molecule has 4 nitrogen and oxygen atoms in total. The number of hydrogen-bond donors (Lipinski definition) is 1. The van der Waals surface area contributed by atoms with E-state index < -0.39 is 5.79 Å². The first-order valence-electron chi connectivity index (χ1n) is 7.53. The normalized spacial score (nSPS) is 19.3. The summed E-state index contributed by atoms with van der Waals surface area (Å²) in [6, 6.07) is 8.26. The fraction of sp³-hybridized carbons (Fsp3) is 0.647. The van der Waals surface area contributed by atoms with Gasteiger partial charge in [-0.3, -0.25) is 0 Å². The van der Waals surface area contributed by atoms with E-state index in [0.29, 0.717) is 12.5 Å². The molecule has 0 unspecified atom stereocenters. The first-order chi connectivity index (χ1) is 9.99. The van der Waals surface area contributed by atoms with Crippen LogP contribution in [0, 0.1) is 5.92 Å². The summed E-state index contributed by atoms with van der Waals surface area (Å²) >= 11 is 0. The highest BCUT2D eigenvalue weighted by atomic mass is 16.7. The van der Waals surface area contributed by atoms with Crippen LogP contribution in [-0.2, 0) is 14.9 Å². The van der Waals surface area contributed by atoms with E-state index in [-0.39, 0.29) is 5.41 Å². The van der Waals surface area contributed by atoms with Gasteiger partial charge in [0.05, 0.1) is 6.61 Å². The lowest BCUT2D eigenvalue weighted by Crippen LogP contribution is -2.60. The zero-order chi connectivity index (χ0) is 15.5. The number of methoxy groups -OCH3 is 2. The summed E-state index contributed by atoms with van der Waals surface area (Å²) in [5.74, 6) is 0.950. The Morgan fingerprint density at radius 1 is 1.10 bits per heavy atom. The summed E-state index contributed by atoms with van der Waals surface area (Å²) < 4.78 is 16.7. The maximum absolute atomic E-state index is 6.03. The van der Waals surface area contributed by atoms with Crippen LogP contribution < -0.4 is 10.5 Å². The van der Waals surface area contributed by atoms with Crippen LogP contribution in [0.2, 0.25) is 0 Å². The Kier molecular flexibility index (Phi) is 4.91. The van der Waals surface area contributed by atoms with Crippen molar-refractivity contribution in [2.24, 2.45) is 11.7 Å². The molecule has 0 aromatic heterocycles. The average Bonchev–Trinajstić information content (AvgIpc) is 2.47. The molecule has 0 heterocycles. The van der Waals surface area contributed by atoms with E-state index in [1.807, 2.05) is 12.1 Å². The van der Waals surface area contributed by atoms with Crippen LogP contribution in [0.25, 0.3) is 0 Å². The molecule has 2 rings (SSSR count). The number of nitrogens with two attached hydrogens (primary N) is 1. The van der Waals surface area contributed by atoms with Crippen LogP contribution in [-0.4, -0.2) is 33.2 Å². The van der Waals surface area contributed by atoms with Crippen LogP contribution >= 0.6 is 0 Å². The van der Waals surface area contributed by atoms with E-state index in [1.54, 1.807) is 14.2 Å². The van der Waals surface area contributed by atoms with Crippen LogP contribution in [0.15, 0.2) is 24.3 Å². The van der Waals surface area contributed by atoms with Gasteiger partial charge in [0.2, 0.25) is 0 Å². The molecule has 4 heteroatoms. The minimum Gasteiger partial charge on any atom is -0.493 e. The fourth-order valence-corrected chi connectivity index (χ4v) is 2.99. The molecule has 0 bridgehead atoms. The van der Waals surface area contributed by atoms with Crippen molar-refractivity contribution in [3.8, 4) is 5.75 Å². The van der Waals surface area contributed by atoms with Crippen LogP contribution in [0.5, 0.6) is 5.75 Å². The smallest absolute Gasteiger partial charge is 0.169 e. The first-order valence-corrected chi connectivity index (χ1v) is 7.53. The van der Waals surface area contributed by atoms with E-state index in [1.165, 1.54) is 5.56 Å². The third-order valence-corrected chi connectivity index (χ3v) is 4.40. The third-order valence-electron chi connectivity index (χ3n) is 4.40. The van der Waals surface area contributed by atoms with E-state index in [9.17, 15) is 0 Å². The van der Waals surface area contributed by atoms with E-state index in [0.717, 1.165) is 25.2 Å². The van der Waals surface area contributed by atoms with Gasteiger partial charge < -0.3 is 19.9 Å². The van der Waals surface area contributed by atoms with Crippen molar-refractivity contribution in [2.75, 3.05) is 27.4 Å². The van der Waals surface area contributed by atoms with Gasteiger partial charge in [-0.05, 0) is 23.6 Å². The predicted octanol–water partition coefficient (Wildman–Crippen LogP) is 2.70. The molecule has 0 spiro atoms. The fourth-order valence-electron chi connectivity index (χ4n) is 2.99.